The molecule has 0 radical (unpaired) electrons. The van der Waals surface area contributed by atoms with Gasteiger partial charge in [-0.05, 0) is 45.4 Å². The Morgan fingerprint density at radius 2 is 1.79 bits per heavy atom. The molecular formula is C23H26N4O. The summed E-state index contributed by atoms with van der Waals surface area (Å²) in [6.45, 7) is 8.61. The Bertz CT molecular complexity index is 954. The maximum absolute atomic E-state index is 11.6. The van der Waals surface area contributed by atoms with E-state index in [1.807, 2.05) is 49.4 Å². The van der Waals surface area contributed by atoms with Crippen molar-refractivity contribution < 1.29 is 4.79 Å². The van der Waals surface area contributed by atoms with Gasteiger partial charge in [0.1, 0.15) is 5.82 Å². The number of Topliss-reactive ketones (excluding diaryl/α,β-unsaturated/α-hetero) is 1. The van der Waals surface area contributed by atoms with Crippen molar-refractivity contribution in [3.05, 3.63) is 77.5 Å². The summed E-state index contributed by atoms with van der Waals surface area (Å²) < 4.78 is 0. The lowest BCUT2D eigenvalue weighted by molar-refractivity contribution is 0.101. The summed E-state index contributed by atoms with van der Waals surface area (Å²) in [7, 11) is 0. The zero-order valence-corrected chi connectivity index (χ0v) is 16.8. The third kappa shape index (κ3) is 4.94. The normalized spacial score (nSPS) is 10.8. The third-order valence-corrected chi connectivity index (χ3v) is 4.48. The Kier molecular flexibility index (Phi) is 6.04. The molecule has 0 unspecified atom stereocenters. The fraction of sp³-hybridized carbons (Fsp3) is 0.261. The van der Waals surface area contributed by atoms with Gasteiger partial charge in [0.2, 0.25) is 5.95 Å². The number of rotatable bonds is 7. The first-order valence-corrected chi connectivity index (χ1v) is 9.46. The van der Waals surface area contributed by atoms with E-state index >= 15 is 0 Å². The van der Waals surface area contributed by atoms with Gasteiger partial charge in [0.15, 0.2) is 5.78 Å². The Morgan fingerprint density at radius 3 is 2.46 bits per heavy atom. The first-order valence-electron chi connectivity index (χ1n) is 9.46. The third-order valence-electron chi connectivity index (χ3n) is 4.48. The van der Waals surface area contributed by atoms with Crippen LogP contribution in [-0.2, 0) is 6.54 Å². The van der Waals surface area contributed by atoms with E-state index in [1.54, 1.807) is 13.0 Å². The molecule has 5 nitrogen and oxygen atoms in total. The van der Waals surface area contributed by atoms with Crippen molar-refractivity contribution in [3.8, 4) is 0 Å². The predicted molar refractivity (Wildman–Crippen MR) is 114 cm³/mol. The van der Waals surface area contributed by atoms with Crippen LogP contribution in [-0.4, -0.2) is 21.8 Å². The highest BCUT2D eigenvalue weighted by atomic mass is 16.1. The van der Waals surface area contributed by atoms with Crippen molar-refractivity contribution in [1.29, 1.82) is 0 Å². The van der Waals surface area contributed by atoms with Gasteiger partial charge in [0, 0.05) is 35.6 Å². The summed E-state index contributed by atoms with van der Waals surface area (Å²) in [5, 5.41) is 3.24. The monoisotopic (exact) mass is 374 g/mol. The van der Waals surface area contributed by atoms with Gasteiger partial charge < -0.3 is 10.2 Å². The van der Waals surface area contributed by atoms with Crippen LogP contribution >= 0.6 is 0 Å². The van der Waals surface area contributed by atoms with Crippen molar-refractivity contribution >= 4 is 23.2 Å². The minimum atomic E-state index is 0.0309. The number of aryl methyl sites for hydroxylation is 1. The van der Waals surface area contributed by atoms with Gasteiger partial charge in [-0.15, -0.1) is 0 Å². The van der Waals surface area contributed by atoms with E-state index in [-0.39, 0.29) is 11.8 Å². The van der Waals surface area contributed by atoms with Crippen molar-refractivity contribution in [2.24, 2.45) is 0 Å². The van der Waals surface area contributed by atoms with Crippen LogP contribution in [0.2, 0.25) is 0 Å². The maximum atomic E-state index is 11.6. The van der Waals surface area contributed by atoms with Gasteiger partial charge in [-0.3, -0.25) is 4.79 Å². The van der Waals surface area contributed by atoms with Crippen LogP contribution in [0.5, 0.6) is 0 Å². The van der Waals surface area contributed by atoms with Crippen LogP contribution in [0.3, 0.4) is 0 Å². The van der Waals surface area contributed by atoms with Crippen molar-refractivity contribution in [3.63, 3.8) is 0 Å². The minimum Gasteiger partial charge on any atom is -0.350 e. The highest BCUT2D eigenvalue weighted by molar-refractivity contribution is 5.95. The van der Waals surface area contributed by atoms with Gasteiger partial charge >= 0.3 is 0 Å². The van der Waals surface area contributed by atoms with E-state index in [4.69, 9.17) is 4.98 Å². The van der Waals surface area contributed by atoms with Crippen molar-refractivity contribution in [2.45, 2.75) is 40.3 Å². The second-order valence-corrected chi connectivity index (χ2v) is 7.16. The first kappa shape index (κ1) is 19.5. The molecule has 1 N–H and O–H groups in total. The lowest BCUT2D eigenvalue weighted by Gasteiger charge is -2.28. The molecule has 5 heteroatoms. The topological polar surface area (TPSA) is 58.1 Å². The van der Waals surface area contributed by atoms with Gasteiger partial charge in [-0.1, -0.05) is 42.5 Å². The molecule has 0 aliphatic heterocycles. The molecule has 0 aliphatic carbocycles. The number of hydrogen-bond donors (Lipinski definition) is 1. The Morgan fingerprint density at radius 1 is 1.04 bits per heavy atom. The summed E-state index contributed by atoms with van der Waals surface area (Å²) in [5.41, 5.74) is 3.57. The van der Waals surface area contributed by atoms with E-state index in [0.717, 1.165) is 23.7 Å². The van der Waals surface area contributed by atoms with Crippen LogP contribution in [0.25, 0.3) is 0 Å². The first-order chi connectivity index (χ1) is 13.4. The zero-order chi connectivity index (χ0) is 20.1. The van der Waals surface area contributed by atoms with E-state index in [2.05, 4.69) is 41.2 Å². The number of nitrogens with one attached hydrogen (secondary N) is 1. The standard InChI is InChI=1S/C23H26N4O/c1-16(2)27(15-19-9-6-5-7-10-19)22-13-17(3)24-23(26-22)25-21-12-8-11-20(14-21)18(4)28/h5-14,16H,15H2,1-4H3,(H,24,25,26). The Labute approximate surface area is 166 Å². The average Bonchev–Trinajstić information content (AvgIpc) is 2.66. The highest BCUT2D eigenvalue weighted by Gasteiger charge is 2.15. The fourth-order valence-corrected chi connectivity index (χ4v) is 3.01. The molecule has 0 saturated carbocycles. The molecule has 3 rings (SSSR count). The van der Waals surface area contributed by atoms with Gasteiger partial charge in [0.25, 0.3) is 0 Å². The van der Waals surface area contributed by atoms with E-state index in [9.17, 15) is 4.79 Å². The lowest BCUT2D eigenvalue weighted by atomic mass is 10.1. The van der Waals surface area contributed by atoms with Crippen molar-refractivity contribution in [1.82, 2.24) is 9.97 Å². The van der Waals surface area contributed by atoms with Gasteiger partial charge in [-0.2, -0.15) is 4.98 Å². The number of anilines is 3. The fourth-order valence-electron chi connectivity index (χ4n) is 3.01. The summed E-state index contributed by atoms with van der Waals surface area (Å²) in [5.74, 6) is 1.43. The molecule has 0 spiro atoms. The summed E-state index contributed by atoms with van der Waals surface area (Å²) in [4.78, 5) is 23.1. The summed E-state index contributed by atoms with van der Waals surface area (Å²) >= 11 is 0. The number of aromatic nitrogens is 2. The molecule has 28 heavy (non-hydrogen) atoms. The molecule has 3 aromatic rings. The molecule has 0 amide bonds. The molecule has 1 heterocycles. The summed E-state index contributed by atoms with van der Waals surface area (Å²) in [6, 6.07) is 20.0. The van der Waals surface area contributed by atoms with E-state index in [0.29, 0.717) is 11.5 Å². The molecule has 1 aromatic heterocycles. The highest BCUT2D eigenvalue weighted by Crippen LogP contribution is 2.22. The smallest absolute Gasteiger partial charge is 0.229 e. The molecule has 0 atom stereocenters. The Balaban J connectivity index is 1.89. The van der Waals surface area contributed by atoms with Crippen LogP contribution in [0, 0.1) is 6.92 Å². The molecule has 0 saturated heterocycles. The number of hydrogen-bond acceptors (Lipinski definition) is 5. The maximum Gasteiger partial charge on any atom is 0.229 e. The second-order valence-electron chi connectivity index (χ2n) is 7.16. The zero-order valence-electron chi connectivity index (χ0n) is 16.8. The van der Waals surface area contributed by atoms with Crippen LogP contribution in [0.15, 0.2) is 60.7 Å². The van der Waals surface area contributed by atoms with E-state index in [1.165, 1.54) is 5.56 Å². The van der Waals surface area contributed by atoms with Gasteiger partial charge in [-0.25, -0.2) is 4.98 Å². The van der Waals surface area contributed by atoms with Gasteiger partial charge in [0.05, 0.1) is 0 Å². The molecule has 2 aromatic carbocycles. The minimum absolute atomic E-state index is 0.0309. The van der Waals surface area contributed by atoms with Crippen LogP contribution < -0.4 is 10.2 Å². The number of carbonyl (C=O) groups excluding carboxylic acids is 1. The molecule has 0 aliphatic rings. The van der Waals surface area contributed by atoms with Crippen LogP contribution in [0.1, 0.15) is 42.4 Å². The quantitative estimate of drug-likeness (QED) is 0.580. The number of carbonyl (C=O) groups is 1. The number of benzene rings is 2. The van der Waals surface area contributed by atoms with Crippen LogP contribution in [0.4, 0.5) is 17.5 Å². The average molecular weight is 374 g/mol. The molecule has 144 valence electrons. The van der Waals surface area contributed by atoms with E-state index < -0.39 is 0 Å². The Hall–Kier alpha value is -3.21. The molecule has 0 bridgehead atoms. The molecule has 0 fully saturated rings. The molecular weight excluding hydrogens is 348 g/mol. The largest absolute Gasteiger partial charge is 0.350 e. The summed E-state index contributed by atoms with van der Waals surface area (Å²) in [6.07, 6.45) is 0. The second kappa shape index (κ2) is 8.65. The number of ketones is 1. The predicted octanol–water partition coefficient (Wildman–Crippen LogP) is 5.15. The number of nitrogens with zero attached hydrogens (tertiary/aromatic N) is 3. The lowest BCUT2D eigenvalue weighted by Crippen LogP contribution is -2.31. The SMILES string of the molecule is CC(=O)c1cccc(Nc2nc(C)cc(N(Cc3ccccc3)C(C)C)n2)c1. The van der Waals surface area contributed by atoms with Crippen molar-refractivity contribution in [2.75, 3.05) is 10.2 Å².